The maximum absolute atomic E-state index is 9.95. The smallest absolute Gasteiger partial charge is 0.0901 e. The Kier molecular flexibility index (Phi) is 3.36. The first kappa shape index (κ1) is 11.3. The molecule has 0 aliphatic heterocycles. The minimum absolute atomic E-state index is 0.411. The third-order valence-electron chi connectivity index (χ3n) is 2.43. The van der Waals surface area contributed by atoms with Crippen LogP contribution in [-0.2, 0) is 13.5 Å². The largest absolute Gasteiger partial charge is 0.388 e. The predicted molar refractivity (Wildman–Crippen MR) is 63.3 cm³/mol. The van der Waals surface area contributed by atoms with E-state index in [1.165, 1.54) is 0 Å². The molecule has 2 aromatic rings. The lowest BCUT2D eigenvalue weighted by Crippen LogP contribution is -1.96. The number of thiazole rings is 1. The van der Waals surface area contributed by atoms with Crippen molar-refractivity contribution in [3.63, 3.8) is 0 Å². The van der Waals surface area contributed by atoms with Gasteiger partial charge in [0.25, 0.3) is 0 Å². The number of aliphatic hydroxyl groups is 1. The van der Waals surface area contributed by atoms with E-state index in [1.807, 2.05) is 26.4 Å². The molecule has 0 spiro atoms. The number of nitrogens with zero attached hydrogens (tertiary/aromatic N) is 3. The Morgan fingerprint density at radius 2 is 2.31 bits per heavy atom. The van der Waals surface area contributed by atoms with Crippen molar-refractivity contribution in [1.29, 1.82) is 0 Å². The summed E-state index contributed by atoms with van der Waals surface area (Å²) in [7, 11) is 1.90. The van der Waals surface area contributed by atoms with Crippen molar-refractivity contribution in [1.82, 2.24) is 14.8 Å². The summed E-state index contributed by atoms with van der Waals surface area (Å²) in [6.45, 7) is 1.95. The van der Waals surface area contributed by atoms with Crippen LogP contribution in [0.1, 0.15) is 28.0 Å². The van der Waals surface area contributed by atoms with Gasteiger partial charge >= 0.3 is 0 Å². The Hall–Kier alpha value is -1.20. The summed E-state index contributed by atoms with van der Waals surface area (Å²) in [4.78, 5) is 5.08. The summed E-state index contributed by atoms with van der Waals surface area (Å²) in [5.74, 6) is 0. The molecule has 0 amide bonds. The van der Waals surface area contributed by atoms with E-state index in [1.54, 1.807) is 22.2 Å². The maximum atomic E-state index is 9.95. The Morgan fingerprint density at radius 3 is 2.88 bits per heavy atom. The SMILES string of the molecule is Cc1ncc(C(O)CCc2cnn(C)c2)s1. The van der Waals surface area contributed by atoms with Crippen molar-refractivity contribution >= 4 is 11.3 Å². The molecule has 2 heterocycles. The zero-order valence-electron chi connectivity index (χ0n) is 9.42. The van der Waals surface area contributed by atoms with Crippen molar-refractivity contribution in [2.24, 2.45) is 7.05 Å². The highest BCUT2D eigenvalue weighted by Crippen LogP contribution is 2.24. The fourth-order valence-corrected chi connectivity index (χ4v) is 2.38. The summed E-state index contributed by atoms with van der Waals surface area (Å²) >= 11 is 1.55. The van der Waals surface area contributed by atoms with Gasteiger partial charge in [0.15, 0.2) is 0 Å². The molecule has 0 saturated carbocycles. The van der Waals surface area contributed by atoms with E-state index in [0.29, 0.717) is 6.42 Å². The first-order chi connectivity index (χ1) is 7.65. The van der Waals surface area contributed by atoms with Crippen molar-refractivity contribution in [3.05, 3.63) is 34.0 Å². The first-order valence-corrected chi connectivity index (χ1v) is 6.04. The Balaban J connectivity index is 1.91. The lowest BCUT2D eigenvalue weighted by molar-refractivity contribution is 0.171. The van der Waals surface area contributed by atoms with Gasteiger partial charge in [-0.25, -0.2) is 4.98 Å². The van der Waals surface area contributed by atoms with Crippen LogP contribution < -0.4 is 0 Å². The zero-order valence-corrected chi connectivity index (χ0v) is 10.2. The lowest BCUT2D eigenvalue weighted by atomic mass is 10.1. The second kappa shape index (κ2) is 4.76. The van der Waals surface area contributed by atoms with Crippen LogP contribution in [-0.4, -0.2) is 19.9 Å². The monoisotopic (exact) mass is 237 g/mol. The average molecular weight is 237 g/mol. The van der Waals surface area contributed by atoms with Crippen LogP contribution in [0.15, 0.2) is 18.6 Å². The highest BCUT2D eigenvalue weighted by molar-refractivity contribution is 7.11. The fourth-order valence-electron chi connectivity index (χ4n) is 1.58. The van der Waals surface area contributed by atoms with Crippen LogP contribution in [0.3, 0.4) is 0 Å². The van der Waals surface area contributed by atoms with Crippen LogP contribution >= 0.6 is 11.3 Å². The number of rotatable bonds is 4. The molecule has 0 bridgehead atoms. The number of aromatic nitrogens is 3. The number of hydrogen-bond acceptors (Lipinski definition) is 4. The summed E-state index contributed by atoms with van der Waals surface area (Å²) in [6, 6.07) is 0. The van der Waals surface area contributed by atoms with E-state index in [0.717, 1.165) is 21.9 Å². The minimum atomic E-state index is -0.411. The normalized spacial score (nSPS) is 12.9. The molecule has 0 aliphatic rings. The molecule has 5 heteroatoms. The summed E-state index contributed by atoms with van der Waals surface area (Å²) < 4.78 is 1.78. The van der Waals surface area contributed by atoms with E-state index in [-0.39, 0.29) is 0 Å². The second-order valence-electron chi connectivity index (χ2n) is 3.86. The van der Waals surface area contributed by atoms with Crippen molar-refractivity contribution in [2.45, 2.75) is 25.9 Å². The lowest BCUT2D eigenvalue weighted by Gasteiger charge is -2.05. The molecule has 0 aliphatic carbocycles. The van der Waals surface area contributed by atoms with Gasteiger partial charge in [-0.3, -0.25) is 4.68 Å². The molecule has 0 fully saturated rings. The molecule has 0 aromatic carbocycles. The molecule has 0 saturated heterocycles. The average Bonchev–Trinajstić information content (AvgIpc) is 2.84. The predicted octanol–water partition coefficient (Wildman–Crippen LogP) is 1.85. The van der Waals surface area contributed by atoms with Crippen molar-refractivity contribution < 1.29 is 5.11 Å². The van der Waals surface area contributed by atoms with Gasteiger partial charge in [-0.05, 0) is 25.3 Å². The zero-order chi connectivity index (χ0) is 11.5. The van der Waals surface area contributed by atoms with Gasteiger partial charge in [0.1, 0.15) is 0 Å². The number of aliphatic hydroxyl groups excluding tert-OH is 1. The van der Waals surface area contributed by atoms with Gasteiger partial charge in [0.2, 0.25) is 0 Å². The molecule has 2 rings (SSSR count). The van der Waals surface area contributed by atoms with Crippen LogP contribution in [0.5, 0.6) is 0 Å². The van der Waals surface area contributed by atoms with Crippen LogP contribution in [0.4, 0.5) is 0 Å². The molecule has 1 N–H and O–H groups in total. The van der Waals surface area contributed by atoms with E-state index >= 15 is 0 Å². The molecule has 2 aromatic heterocycles. The number of hydrogen-bond donors (Lipinski definition) is 1. The highest BCUT2D eigenvalue weighted by atomic mass is 32.1. The molecule has 86 valence electrons. The highest BCUT2D eigenvalue weighted by Gasteiger charge is 2.11. The van der Waals surface area contributed by atoms with Crippen LogP contribution in [0.2, 0.25) is 0 Å². The van der Waals surface area contributed by atoms with Crippen LogP contribution in [0, 0.1) is 6.92 Å². The molecule has 1 atom stereocenters. The van der Waals surface area contributed by atoms with Crippen molar-refractivity contribution in [3.8, 4) is 0 Å². The van der Waals surface area contributed by atoms with Gasteiger partial charge in [-0.1, -0.05) is 0 Å². The maximum Gasteiger partial charge on any atom is 0.0901 e. The first-order valence-electron chi connectivity index (χ1n) is 5.23. The van der Waals surface area contributed by atoms with E-state index < -0.39 is 6.10 Å². The summed E-state index contributed by atoms with van der Waals surface area (Å²) in [5, 5.41) is 15.0. The summed E-state index contributed by atoms with van der Waals surface area (Å²) in [6.07, 6.45) is 6.72. The van der Waals surface area contributed by atoms with E-state index in [4.69, 9.17) is 0 Å². The third-order valence-corrected chi connectivity index (χ3v) is 3.45. The van der Waals surface area contributed by atoms with E-state index in [2.05, 4.69) is 10.1 Å². The molecular weight excluding hydrogens is 222 g/mol. The third kappa shape index (κ3) is 2.68. The Morgan fingerprint density at radius 1 is 1.50 bits per heavy atom. The van der Waals surface area contributed by atoms with E-state index in [9.17, 15) is 5.11 Å². The van der Waals surface area contributed by atoms with Gasteiger partial charge in [-0.2, -0.15) is 5.10 Å². The molecule has 4 nitrogen and oxygen atoms in total. The standard InChI is InChI=1S/C11H15N3OS/c1-8-12-6-11(16-8)10(15)4-3-9-5-13-14(2)7-9/h5-7,10,15H,3-4H2,1-2H3. The summed E-state index contributed by atoms with van der Waals surface area (Å²) in [5.41, 5.74) is 1.16. The second-order valence-corrected chi connectivity index (χ2v) is 5.12. The Labute approximate surface area is 98.6 Å². The fraction of sp³-hybridized carbons (Fsp3) is 0.455. The number of aryl methyl sites for hydroxylation is 3. The minimum Gasteiger partial charge on any atom is -0.388 e. The Bertz CT molecular complexity index is 463. The van der Waals surface area contributed by atoms with Gasteiger partial charge in [0.05, 0.1) is 22.2 Å². The van der Waals surface area contributed by atoms with Gasteiger partial charge < -0.3 is 5.11 Å². The van der Waals surface area contributed by atoms with Gasteiger partial charge in [0, 0.05) is 19.4 Å². The molecule has 16 heavy (non-hydrogen) atoms. The van der Waals surface area contributed by atoms with Gasteiger partial charge in [-0.15, -0.1) is 11.3 Å². The topological polar surface area (TPSA) is 50.9 Å². The van der Waals surface area contributed by atoms with Crippen molar-refractivity contribution in [2.75, 3.05) is 0 Å². The van der Waals surface area contributed by atoms with Crippen LogP contribution in [0.25, 0.3) is 0 Å². The quantitative estimate of drug-likeness (QED) is 0.883. The molecule has 1 unspecified atom stereocenters. The molecule has 0 radical (unpaired) electrons. The molecular formula is C11H15N3OS.